The van der Waals surface area contributed by atoms with Crippen LogP contribution in [0, 0.1) is 11.8 Å². The fourth-order valence-corrected chi connectivity index (χ4v) is 3.35. The lowest BCUT2D eigenvalue weighted by atomic mass is 9.90. The summed E-state index contributed by atoms with van der Waals surface area (Å²) in [5.74, 6) is -0.628. The van der Waals surface area contributed by atoms with Crippen LogP contribution in [0.4, 0.5) is 0 Å². The molecule has 2 rings (SSSR count). The van der Waals surface area contributed by atoms with Crippen LogP contribution in [0.2, 0.25) is 0 Å². The molecule has 1 aliphatic rings. The Labute approximate surface area is 150 Å². The van der Waals surface area contributed by atoms with E-state index in [9.17, 15) is 9.59 Å². The molecule has 5 heteroatoms. The molecule has 0 aromatic heterocycles. The van der Waals surface area contributed by atoms with Gasteiger partial charge in [0.05, 0.1) is 19.8 Å². The number of hydrogen-bond donors (Lipinski definition) is 0. The Morgan fingerprint density at radius 2 is 1.92 bits per heavy atom. The molecule has 0 N–H and O–H groups in total. The van der Waals surface area contributed by atoms with E-state index in [0.29, 0.717) is 6.61 Å². The lowest BCUT2D eigenvalue weighted by Crippen LogP contribution is -2.51. The quantitative estimate of drug-likeness (QED) is 0.742. The fraction of sp³-hybridized carbons (Fsp3) is 0.600. The SMILES string of the molecule is COC(=O)C[C@H](C)[C@@H](C)C(=O)N1[C@@H](Cc2ccccc2)COC1(C)C. The highest BCUT2D eigenvalue weighted by atomic mass is 16.5. The zero-order chi connectivity index (χ0) is 18.6. The molecule has 5 nitrogen and oxygen atoms in total. The topological polar surface area (TPSA) is 55.8 Å². The maximum atomic E-state index is 13.2. The van der Waals surface area contributed by atoms with Crippen LogP contribution in [0.15, 0.2) is 30.3 Å². The minimum absolute atomic E-state index is 0.00215. The van der Waals surface area contributed by atoms with Crippen molar-refractivity contribution in [3.8, 4) is 0 Å². The molecule has 0 spiro atoms. The van der Waals surface area contributed by atoms with Crippen molar-refractivity contribution in [2.24, 2.45) is 11.8 Å². The Kier molecular flexibility index (Phi) is 6.22. The highest BCUT2D eigenvalue weighted by Crippen LogP contribution is 2.32. The normalized spacial score (nSPS) is 21.6. The Morgan fingerprint density at radius 3 is 2.52 bits per heavy atom. The molecule has 1 aromatic rings. The Morgan fingerprint density at radius 1 is 1.28 bits per heavy atom. The molecular weight excluding hydrogens is 318 g/mol. The van der Waals surface area contributed by atoms with Gasteiger partial charge in [-0.15, -0.1) is 0 Å². The van der Waals surface area contributed by atoms with Gasteiger partial charge in [-0.05, 0) is 31.7 Å². The number of nitrogens with zero attached hydrogens (tertiary/aromatic N) is 1. The molecule has 1 aromatic carbocycles. The fourth-order valence-electron chi connectivity index (χ4n) is 3.35. The van der Waals surface area contributed by atoms with Crippen LogP contribution in [-0.4, -0.2) is 42.3 Å². The van der Waals surface area contributed by atoms with Crippen LogP contribution < -0.4 is 0 Å². The summed E-state index contributed by atoms with van der Waals surface area (Å²) in [7, 11) is 1.37. The maximum Gasteiger partial charge on any atom is 0.305 e. The molecule has 0 unspecified atom stereocenters. The molecule has 0 bridgehead atoms. The van der Waals surface area contributed by atoms with E-state index >= 15 is 0 Å². The maximum absolute atomic E-state index is 13.2. The van der Waals surface area contributed by atoms with E-state index in [1.165, 1.54) is 12.7 Å². The molecule has 1 amide bonds. The van der Waals surface area contributed by atoms with Gasteiger partial charge < -0.3 is 14.4 Å². The average Bonchev–Trinajstić information content (AvgIpc) is 2.88. The number of carbonyl (C=O) groups excluding carboxylic acids is 2. The van der Waals surface area contributed by atoms with Crippen molar-refractivity contribution in [2.45, 2.75) is 52.3 Å². The summed E-state index contributed by atoms with van der Waals surface area (Å²) in [5.41, 5.74) is 0.539. The summed E-state index contributed by atoms with van der Waals surface area (Å²) in [6, 6.07) is 10.1. The average molecular weight is 347 g/mol. The first kappa shape index (κ1) is 19.4. The van der Waals surface area contributed by atoms with E-state index in [-0.39, 0.29) is 36.2 Å². The van der Waals surface area contributed by atoms with E-state index in [4.69, 9.17) is 9.47 Å². The highest BCUT2D eigenvalue weighted by molar-refractivity contribution is 5.81. The van der Waals surface area contributed by atoms with E-state index in [1.807, 2.05) is 50.8 Å². The summed E-state index contributed by atoms with van der Waals surface area (Å²) in [6.45, 7) is 8.16. The van der Waals surface area contributed by atoms with Crippen molar-refractivity contribution in [1.82, 2.24) is 4.90 Å². The van der Waals surface area contributed by atoms with Crippen LogP contribution in [-0.2, 0) is 25.5 Å². The number of rotatable bonds is 6. The summed E-state index contributed by atoms with van der Waals surface area (Å²) < 4.78 is 10.6. The Balaban J connectivity index is 2.13. The van der Waals surface area contributed by atoms with Gasteiger partial charge in [-0.3, -0.25) is 9.59 Å². The zero-order valence-electron chi connectivity index (χ0n) is 15.8. The van der Waals surface area contributed by atoms with Gasteiger partial charge in [-0.25, -0.2) is 0 Å². The van der Waals surface area contributed by atoms with E-state index in [2.05, 4.69) is 12.1 Å². The minimum Gasteiger partial charge on any atom is -0.469 e. The first-order valence-corrected chi connectivity index (χ1v) is 8.84. The molecule has 1 saturated heterocycles. The molecule has 0 radical (unpaired) electrons. The third-order valence-corrected chi connectivity index (χ3v) is 5.09. The highest BCUT2D eigenvalue weighted by Gasteiger charge is 2.45. The van der Waals surface area contributed by atoms with Crippen LogP contribution in [0.1, 0.15) is 39.7 Å². The van der Waals surface area contributed by atoms with E-state index in [1.54, 1.807) is 0 Å². The molecule has 138 valence electrons. The second kappa shape index (κ2) is 8.00. The summed E-state index contributed by atoms with van der Waals surface area (Å²) in [6.07, 6.45) is 0.996. The number of hydrogen-bond acceptors (Lipinski definition) is 4. The van der Waals surface area contributed by atoms with Gasteiger partial charge in [0, 0.05) is 12.3 Å². The zero-order valence-corrected chi connectivity index (χ0v) is 15.8. The van der Waals surface area contributed by atoms with Crippen molar-refractivity contribution >= 4 is 11.9 Å². The van der Waals surface area contributed by atoms with Crippen molar-refractivity contribution in [3.63, 3.8) is 0 Å². The van der Waals surface area contributed by atoms with E-state index in [0.717, 1.165) is 6.42 Å². The standard InChI is InChI=1S/C20H29NO4/c1-14(11-18(22)24-5)15(2)19(23)21-17(13-25-20(21,3)4)12-16-9-7-6-8-10-16/h6-10,14-15,17H,11-13H2,1-5H3/t14-,15+,17-/m0/s1. The van der Waals surface area contributed by atoms with E-state index < -0.39 is 5.72 Å². The second-order valence-corrected chi connectivity index (χ2v) is 7.36. The number of ether oxygens (including phenoxy) is 2. The van der Waals surface area contributed by atoms with Gasteiger partial charge in [0.2, 0.25) is 5.91 Å². The first-order chi connectivity index (χ1) is 11.8. The van der Waals surface area contributed by atoms with Gasteiger partial charge >= 0.3 is 5.97 Å². The first-order valence-electron chi connectivity index (χ1n) is 8.84. The van der Waals surface area contributed by atoms with Gasteiger partial charge in [-0.2, -0.15) is 0 Å². The summed E-state index contributed by atoms with van der Waals surface area (Å²) in [4.78, 5) is 26.6. The molecule has 1 aliphatic heterocycles. The smallest absolute Gasteiger partial charge is 0.305 e. The van der Waals surface area contributed by atoms with Gasteiger partial charge in [-0.1, -0.05) is 44.2 Å². The predicted octanol–water partition coefficient (Wildman–Crippen LogP) is 3.03. The van der Waals surface area contributed by atoms with Crippen LogP contribution in [0.3, 0.4) is 0 Å². The summed E-state index contributed by atoms with van der Waals surface area (Å²) >= 11 is 0. The Hall–Kier alpha value is -1.88. The lowest BCUT2D eigenvalue weighted by Gasteiger charge is -2.37. The summed E-state index contributed by atoms with van der Waals surface area (Å²) in [5, 5.41) is 0. The number of carbonyl (C=O) groups is 2. The van der Waals surface area contributed by atoms with Gasteiger partial charge in [0.15, 0.2) is 0 Å². The van der Waals surface area contributed by atoms with Crippen molar-refractivity contribution < 1.29 is 19.1 Å². The molecule has 3 atom stereocenters. The largest absolute Gasteiger partial charge is 0.469 e. The van der Waals surface area contributed by atoms with Gasteiger partial charge in [0.25, 0.3) is 0 Å². The third-order valence-electron chi connectivity index (χ3n) is 5.09. The van der Waals surface area contributed by atoms with Crippen molar-refractivity contribution in [2.75, 3.05) is 13.7 Å². The van der Waals surface area contributed by atoms with Crippen LogP contribution in [0.25, 0.3) is 0 Å². The van der Waals surface area contributed by atoms with Crippen LogP contribution in [0.5, 0.6) is 0 Å². The molecule has 0 aliphatic carbocycles. The predicted molar refractivity (Wildman–Crippen MR) is 95.8 cm³/mol. The number of benzene rings is 1. The second-order valence-electron chi connectivity index (χ2n) is 7.36. The van der Waals surface area contributed by atoms with Crippen molar-refractivity contribution in [1.29, 1.82) is 0 Å². The molecule has 0 saturated carbocycles. The van der Waals surface area contributed by atoms with Gasteiger partial charge in [0.1, 0.15) is 5.72 Å². The van der Waals surface area contributed by atoms with Crippen LogP contribution >= 0.6 is 0 Å². The van der Waals surface area contributed by atoms with Crippen molar-refractivity contribution in [3.05, 3.63) is 35.9 Å². The molecule has 25 heavy (non-hydrogen) atoms. The molecule has 1 fully saturated rings. The molecular formula is C20H29NO4. The Bertz CT molecular complexity index is 599. The minimum atomic E-state index is -0.643. The third kappa shape index (κ3) is 4.60. The number of amides is 1. The monoisotopic (exact) mass is 347 g/mol. The number of methoxy groups -OCH3 is 1. The number of esters is 1. The lowest BCUT2D eigenvalue weighted by molar-refractivity contribution is -0.152. The molecule has 1 heterocycles.